The Morgan fingerprint density at radius 1 is 1.15 bits per heavy atom. The number of rotatable bonds is 5. The van der Waals surface area contributed by atoms with Gasteiger partial charge in [-0.2, -0.15) is 0 Å². The molecule has 0 radical (unpaired) electrons. The van der Waals surface area contributed by atoms with Crippen LogP contribution in [0.15, 0.2) is 42.5 Å². The average Bonchev–Trinajstić information content (AvgIpc) is 2.42. The van der Waals surface area contributed by atoms with Crippen LogP contribution in [0.3, 0.4) is 0 Å². The van der Waals surface area contributed by atoms with Crippen molar-refractivity contribution in [3.05, 3.63) is 63.9 Å². The Bertz CT molecular complexity index is 590. The van der Waals surface area contributed by atoms with Crippen LogP contribution in [0.1, 0.15) is 5.56 Å². The summed E-state index contributed by atoms with van der Waals surface area (Å²) in [5, 5.41) is 10.5. The third-order valence-corrected chi connectivity index (χ3v) is 3.25. The Kier molecular flexibility index (Phi) is 5.24. The topological polar surface area (TPSA) is 29.5 Å². The molecule has 0 bridgehead atoms. The van der Waals surface area contributed by atoms with Crippen molar-refractivity contribution in [2.75, 3.05) is 6.61 Å². The van der Waals surface area contributed by atoms with Crippen molar-refractivity contribution >= 4 is 23.2 Å². The molecule has 0 spiro atoms. The fraction of sp³-hybridized carbons (Fsp3) is 0.200. The maximum Gasteiger partial charge on any atom is 0.145 e. The summed E-state index contributed by atoms with van der Waals surface area (Å²) in [7, 11) is 0. The van der Waals surface area contributed by atoms with Crippen molar-refractivity contribution in [1.29, 1.82) is 0 Å². The van der Waals surface area contributed by atoms with E-state index in [1.54, 1.807) is 36.4 Å². The molecule has 0 aliphatic carbocycles. The first kappa shape index (κ1) is 15.1. The van der Waals surface area contributed by atoms with Gasteiger partial charge in [-0.05, 0) is 29.8 Å². The standard InChI is InChI=1S/C15H13Cl2FO2/c16-11-4-2-5-13(8-11)20-9-12(19)7-10-3-1-6-14(17)15(10)18/h1-6,8,12,19H,7,9H2. The first-order valence-electron chi connectivity index (χ1n) is 6.05. The van der Waals surface area contributed by atoms with Gasteiger partial charge in [0.05, 0.1) is 11.1 Å². The summed E-state index contributed by atoms with van der Waals surface area (Å²) >= 11 is 11.5. The van der Waals surface area contributed by atoms with Crippen LogP contribution in [0, 0.1) is 5.82 Å². The zero-order valence-corrected chi connectivity index (χ0v) is 12.0. The van der Waals surface area contributed by atoms with Gasteiger partial charge in [0.15, 0.2) is 0 Å². The van der Waals surface area contributed by atoms with Gasteiger partial charge in [-0.3, -0.25) is 0 Å². The van der Waals surface area contributed by atoms with Gasteiger partial charge in [0.2, 0.25) is 0 Å². The van der Waals surface area contributed by atoms with Gasteiger partial charge < -0.3 is 9.84 Å². The van der Waals surface area contributed by atoms with Gasteiger partial charge in [-0.25, -0.2) is 4.39 Å². The quantitative estimate of drug-likeness (QED) is 0.899. The number of aliphatic hydroxyl groups is 1. The molecule has 1 unspecified atom stereocenters. The molecule has 0 saturated heterocycles. The largest absolute Gasteiger partial charge is 0.491 e. The summed E-state index contributed by atoms with van der Waals surface area (Å²) in [6.07, 6.45) is -0.700. The van der Waals surface area contributed by atoms with Crippen molar-refractivity contribution in [3.63, 3.8) is 0 Å². The lowest BCUT2D eigenvalue weighted by Crippen LogP contribution is -2.20. The van der Waals surface area contributed by atoms with Crippen LogP contribution in [0.25, 0.3) is 0 Å². The summed E-state index contributed by atoms with van der Waals surface area (Å²) in [5.41, 5.74) is 0.361. The van der Waals surface area contributed by atoms with Crippen LogP contribution in [0.2, 0.25) is 10.0 Å². The van der Waals surface area contributed by atoms with Gasteiger partial charge in [-0.1, -0.05) is 41.4 Å². The molecule has 0 aromatic heterocycles. The summed E-state index contributed by atoms with van der Waals surface area (Å²) in [6, 6.07) is 11.6. The van der Waals surface area contributed by atoms with E-state index >= 15 is 0 Å². The SMILES string of the molecule is OC(COc1cccc(Cl)c1)Cc1cccc(Cl)c1F. The molecule has 0 amide bonds. The Labute approximate surface area is 126 Å². The highest BCUT2D eigenvalue weighted by Crippen LogP contribution is 2.20. The smallest absolute Gasteiger partial charge is 0.145 e. The Hall–Kier alpha value is -1.29. The molecule has 1 atom stereocenters. The summed E-state index contributed by atoms with van der Waals surface area (Å²) in [5.74, 6) is 0.0547. The van der Waals surface area contributed by atoms with E-state index in [1.165, 1.54) is 6.07 Å². The fourth-order valence-corrected chi connectivity index (χ4v) is 2.14. The Morgan fingerprint density at radius 2 is 1.90 bits per heavy atom. The van der Waals surface area contributed by atoms with Crippen LogP contribution in [0.5, 0.6) is 5.75 Å². The van der Waals surface area contributed by atoms with Crippen molar-refractivity contribution in [3.8, 4) is 5.75 Å². The molecule has 106 valence electrons. The van der Waals surface area contributed by atoms with Gasteiger partial charge in [-0.15, -0.1) is 0 Å². The molecule has 0 aliphatic heterocycles. The van der Waals surface area contributed by atoms with E-state index in [4.69, 9.17) is 27.9 Å². The highest BCUT2D eigenvalue weighted by molar-refractivity contribution is 6.31. The second-order valence-corrected chi connectivity index (χ2v) is 5.18. The monoisotopic (exact) mass is 314 g/mol. The molecule has 2 nitrogen and oxygen atoms in total. The minimum absolute atomic E-state index is 0.0467. The molecular weight excluding hydrogens is 302 g/mol. The average molecular weight is 315 g/mol. The van der Waals surface area contributed by atoms with E-state index in [2.05, 4.69) is 0 Å². The number of halogens is 3. The number of hydrogen-bond acceptors (Lipinski definition) is 2. The Balaban J connectivity index is 1.92. The number of aliphatic hydroxyl groups excluding tert-OH is 1. The van der Waals surface area contributed by atoms with E-state index in [-0.39, 0.29) is 18.1 Å². The number of hydrogen-bond donors (Lipinski definition) is 1. The van der Waals surface area contributed by atoms with Gasteiger partial charge in [0, 0.05) is 11.4 Å². The van der Waals surface area contributed by atoms with Gasteiger partial charge >= 0.3 is 0 Å². The number of ether oxygens (including phenoxy) is 1. The lowest BCUT2D eigenvalue weighted by atomic mass is 10.1. The molecule has 5 heteroatoms. The van der Waals surface area contributed by atoms with Crippen molar-refractivity contribution in [2.24, 2.45) is 0 Å². The van der Waals surface area contributed by atoms with Crippen molar-refractivity contribution in [2.45, 2.75) is 12.5 Å². The lowest BCUT2D eigenvalue weighted by Gasteiger charge is -2.13. The second-order valence-electron chi connectivity index (χ2n) is 4.34. The molecule has 0 saturated carbocycles. The molecular formula is C15H13Cl2FO2. The maximum absolute atomic E-state index is 13.7. The van der Waals surface area contributed by atoms with Crippen molar-refractivity contribution in [1.82, 2.24) is 0 Å². The summed E-state index contributed by atoms with van der Waals surface area (Å²) < 4.78 is 19.1. The van der Waals surface area contributed by atoms with E-state index in [1.807, 2.05) is 0 Å². The third-order valence-electron chi connectivity index (χ3n) is 2.73. The molecule has 20 heavy (non-hydrogen) atoms. The predicted molar refractivity (Wildman–Crippen MR) is 78.1 cm³/mol. The molecule has 2 aromatic rings. The van der Waals surface area contributed by atoms with E-state index in [0.717, 1.165) is 0 Å². The highest BCUT2D eigenvalue weighted by Gasteiger charge is 2.12. The van der Waals surface area contributed by atoms with Crippen LogP contribution in [-0.2, 0) is 6.42 Å². The first-order chi connectivity index (χ1) is 9.56. The van der Waals surface area contributed by atoms with Crippen molar-refractivity contribution < 1.29 is 14.2 Å². The predicted octanol–water partition coefficient (Wildman–Crippen LogP) is 4.11. The molecule has 1 N–H and O–H groups in total. The Morgan fingerprint density at radius 3 is 2.65 bits per heavy atom. The minimum atomic E-state index is -0.832. The maximum atomic E-state index is 13.7. The van der Waals surface area contributed by atoms with E-state index < -0.39 is 11.9 Å². The zero-order valence-electron chi connectivity index (χ0n) is 10.5. The molecule has 0 fully saturated rings. The van der Waals surface area contributed by atoms with Gasteiger partial charge in [0.1, 0.15) is 18.2 Å². The molecule has 2 rings (SSSR count). The van der Waals surface area contributed by atoms with E-state index in [0.29, 0.717) is 16.3 Å². The molecule has 2 aromatic carbocycles. The summed E-state index contributed by atoms with van der Waals surface area (Å²) in [4.78, 5) is 0. The fourth-order valence-electron chi connectivity index (χ4n) is 1.77. The first-order valence-corrected chi connectivity index (χ1v) is 6.81. The van der Waals surface area contributed by atoms with Crippen LogP contribution < -0.4 is 4.74 Å². The number of benzene rings is 2. The second kappa shape index (κ2) is 6.93. The zero-order chi connectivity index (χ0) is 14.5. The molecule has 0 aliphatic rings. The minimum Gasteiger partial charge on any atom is -0.491 e. The third kappa shape index (κ3) is 4.10. The lowest BCUT2D eigenvalue weighted by molar-refractivity contribution is 0.107. The molecule has 0 heterocycles. The van der Waals surface area contributed by atoms with Crippen LogP contribution in [0.4, 0.5) is 4.39 Å². The van der Waals surface area contributed by atoms with Crippen LogP contribution in [-0.4, -0.2) is 17.8 Å². The summed E-state index contributed by atoms with van der Waals surface area (Å²) in [6.45, 7) is 0.0479. The van der Waals surface area contributed by atoms with Crippen LogP contribution >= 0.6 is 23.2 Å². The van der Waals surface area contributed by atoms with E-state index in [9.17, 15) is 9.50 Å². The highest BCUT2D eigenvalue weighted by atomic mass is 35.5. The van der Waals surface area contributed by atoms with Gasteiger partial charge in [0.25, 0.3) is 0 Å². The normalized spacial score (nSPS) is 12.2.